The normalized spacial score (nSPS) is 15.3. The molecule has 8 rings (SSSR count). The summed E-state index contributed by atoms with van der Waals surface area (Å²) in [6.45, 7) is 12.3. The van der Waals surface area contributed by atoms with Crippen molar-refractivity contribution in [2.45, 2.75) is 20.8 Å². The van der Waals surface area contributed by atoms with E-state index < -0.39 is 30.7 Å². The summed E-state index contributed by atoms with van der Waals surface area (Å²) >= 11 is 0. The maximum atomic E-state index is 8.49. The van der Waals surface area contributed by atoms with E-state index in [2.05, 4.69) is 30.0 Å². The number of ether oxygens (including phenoxy) is 6. The van der Waals surface area contributed by atoms with Crippen molar-refractivity contribution in [2.24, 2.45) is 30.0 Å². The molecule has 0 aromatic heterocycles. The number of halogens is 3. The van der Waals surface area contributed by atoms with Crippen LogP contribution in [0.3, 0.4) is 0 Å². The third kappa shape index (κ3) is 33.0. The van der Waals surface area contributed by atoms with Crippen LogP contribution < -0.4 is 55.9 Å². The van der Waals surface area contributed by atoms with Crippen molar-refractivity contribution in [2.75, 3.05) is 78.9 Å². The zero-order valence-corrected chi connectivity index (χ0v) is 41.0. The molecule has 0 fully saturated rings. The molecule has 27 nitrogen and oxygen atoms in total. The monoisotopic (exact) mass is 1180 g/mol. The van der Waals surface area contributed by atoms with Crippen LogP contribution in [0.2, 0.25) is 0 Å². The Bertz CT molecular complexity index is 1790. The summed E-state index contributed by atoms with van der Waals surface area (Å²) in [5.41, 5.74) is 5.48. The second-order valence-electron chi connectivity index (χ2n) is 11.6. The summed E-state index contributed by atoms with van der Waals surface area (Å²) < 4.78 is 135. The predicted molar refractivity (Wildman–Crippen MR) is 191 cm³/mol. The van der Waals surface area contributed by atoms with Crippen LogP contribution >= 0.6 is 0 Å². The molecular weight excluding hydrogens is 1140 g/mol. The fraction of sp³-hybridized carbons (Fsp3) is 0.417. The van der Waals surface area contributed by atoms with Gasteiger partial charge in [-0.3, -0.25) is 0 Å². The smallest absolute Gasteiger partial charge is 0.476 e. The Morgan fingerprint density at radius 2 is 0.435 bits per heavy atom. The molecule has 0 bridgehead atoms. The molecule has 0 atom stereocenters. The molecule has 6 aliphatic heterocycles. The molecule has 0 spiro atoms. The van der Waals surface area contributed by atoms with Gasteiger partial charge in [0.05, 0.1) is 57.5 Å². The number of hydrogen-bond donors (Lipinski definition) is 0. The van der Waals surface area contributed by atoms with Gasteiger partial charge in [0.1, 0.15) is 39.6 Å². The largest absolute Gasteiger partial charge is 1.00 e. The molecular formula is C36H39Cl3Cu3N9O18. The van der Waals surface area contributed by atoms with Crippen molar-refractivity contribution < 1.29 is 166 Å². The van der Waals surface area contributed by atoms with E-state index in [4.69, 9.17) is 100 Å². The number of rotatable bonds is 6. The van der Waals surface area contributed by atoms with Crippen molar-refractivity contribution in [3.63, 3.8) is 0 Å². The molecule has 69 heavy (non-hydrogen) atoms. The standard InChI is InChI=1S/2C15H15N3O3.3C2H3N.3ClHO4.3Cu/c2*1-4-19-13(16-1)10-7-11(14-17-2-5-20-14)9-12(8-10)15-18-3-6-21-15;3*1-2-3;3*2-1(3,4)5;;;/h2*7-9H,1-6H2;3*1H3;3*(H,2,3,4,5);;;/q;;;;;;;;3*+1/p-3. The first kappa shape index (κ1) is 68.9. The summed E-state index contributed by atoms with van der Waals surface area (Å²) in [7, 11) is -14.8. The van der Waals surface area contributed by atoms with E-state index in [-0.39, 0.29) is 51.2 Å². The van der Waals surface area contributed by atoms with Crippen molar-refractivity contribution >= 4 is 35.4 Å². The van der Waals surface area contributed by atoms with E-state index in [0.29, 0.717) is 114 Å². The third-order valence-corrected chi connectivity index (χ3v) is 6.86. The van der Waals surface area contributed by atoms with Gasteiger partial charge in [-0.05, 0) is 36.4 Å². The Kier molecular flexibility index (Phi) is 36.6. The van der Waals surface area contributed by atoms with Crippen molar-refractivity contribution in [3.05, 3.63) is 69.8 Å². The molecule has 6 aliphatic rings. The average molecular weight is 1180 g/mol. The SMILES string of the molecule is CC#N.CC#N.CC#N.[Cu+].[Cu+].[Cu+].[O-][Cl+3]([O-])([O-])[O-].[O-][Cl+3]([O-])([O-])[O-].[O-][Cl+3]([O-])([O-])[O-].c1c(C2=NCCO2)cc(C2=NCCO2)cc1C1=NCCO1.c1c(C2=NCCO2)cc(C2=NCCO2)cc1C1=NCCO1. The molecule has 0 radical (unpaired) electrons. The van der Waals surface area contributed by atoms with Crippen molar-refractivity contribution in [1.82, 2.24) is 0 Å². The first-order chi connectivity index (χ1) is 31.0. The Hall–Kier alpha value is -4.32. The van der Waals surface area contributed by atoms with Crippen LogP contribution in [0.1, 0.15) is 54.2 Å². The molecule has 2 aromatic carbocycles. The van der Waals surface area contributed by atoms with Gasteiger partial charge < -0.3 is 28.4 Å². The first-order valence-corrected chi connectivity index (χ1v) is 21.9. The number of benzene rings is 2. The minimum Gasteiger partial charge on any atom is -0.476 e. The van der Waals surface area contributed by atoms with Crippen molar-refractivity contribution in [1.29, 1.82) is 15.8 Å². The molecule has 0 unspecified atom stereocenters. The third-order valence-electron chi connectivity index (χ3n) is 6.86. The quantitative estimate of drug-likeness (QED) is 0.242. The van der Waals surface area contributed by atoms with Gasteiger partial charge in [0.25, 0.3) is 0 Å². The van der Waals surface area contributed by atoms with E-state index in [1.807, 2.05) is 36.4 Å². The van der Waals surface area contributed by atoms with E-state index in [9.17, 15) is 0 Å². The van der Waals surface area contributed by atoms with E-state index in [1.54, 1.807) is 18.2 Å². The van der Waals surface area contributed by atoms with Crippen LogP contribution in [0.4, 0.5) is 0 Å². The van der Waals surface area contributed by atoms with Crippen molar-refractivity contribution in [3.8, 4) is 18.2 Å². The molecule has 2 aromatic rings. The van der Waals surface area contributed by atoms with Crippen LogP contribution in [0.15, 0.2) is 66.4 Å². The predicted octanol–water partition coefficient (Wildman–Crippen LogP) is -10.7. The summed E-state index contributed by atoms with van der Waals surface area (Å²) in [6.07, 6.45) is 0. The number of nitrogens with zero attached hydrogens (tertiary/aromatic N) is 9. The van der Waals surface area contributed by atoms with E-state index in [0.717, 1.165) is 33.4 Å². The van der Waals surface area contributed by atoms with Gasteiger partial charge in [0.2, 0.25) is 35.4 Å². The van der Waals surface area contributed by atoms with Crippen LogP contribution in [-0.4, -0.2) is 114 Å². The maximum absolute atomic E-state index is 8.49. The summed E-state index contributed by atoms with van der Waals surface area (Å²) in [4.78, 5) is 26.2. The van der Waals surface area contributed by atoms with Gasteiger partial charge in [-0.2, -0.15) is 15.8 Å². The second kappa shape index (κ2) is 36.6. The average Bonchev–Trinajstić information content (AvgIpc) is 4.10. The summed E-state index contributed by atoms with van der Waals surface area (Å²) in [6, 6.07) is 17.2. The maximum Gasteiger partial charge on any atom is 1.00 e. The van der Waals surface area contributed by atoms with Crippen LogP contribution in [0.5, 0.6) is 0 Å². The number of aliphatic imine (C=N–C) groups is 6. The van der Waals surface area contributed by atoms with Crippen LogP contribution in [-0.2, 0) is 79.6 Å². The minimum absolute atomic E-state index is 0. The van der Waals surface area contributed by atoms with Gasteiger partial charge in [-0.25, -0.2) is 85.9 Å². The van der Waals surface area contributed by atoms with Gasteiger partial charge >= 0.3 is 51.2 Å². The zero-order chi connectivity index (χ0) is 49.8. The van der Waals surface area contributed by atoms with Gasteiger partial charge in [-0.15, -0.1) is 30.7 Å². The zero-order valence-electron chi connectivity index (χ0n) is 35.9. The van der Waals surface area contributed by atoms with Crippen LogP contribution in [0, 0.1) is 64.7 Å². The molecule has 0 saturated carbocycles. The molecule has 390 valence electrons. The molecule has 0 saturated heterocycles. The Morgan fingerprint density at radius 1 is 0.333 bits per heavy atom. The minimum atomic E-state index is -4.94. The van der Waals surface area contributed by atoms with E-state index >= 15 is 0 Å². The summed E-state index contributed by atoms with van der Waals surface area (Å²) in [5, 5.41) is 22.0. The molecule has 0 amide bonds. The topological polar surface area (TPSA) is 478 Å². The van der Waals surface area contributed by atoms with Gasteiger partial charge in [-0.1, -0.05) is 0 Å². The fourth-order valence-electron chi connectivity index (χ4n) is 5.05. The molecule has 0 N–H and O–H groups in total. The molecule has 6 heterocycles. The number of nitriles is 3. The molecule has 33 heteroatoms. The second-order valence-corrected chi connectivity index (χ2v) is 13.9. The Balaban J connectivity index is -0.000000844. The first-order valence-electron chi connectivity index (χ1n) is 18.2. The fourth-order valence-corrected chi connectivity index (χ4v) is 5.05. The van der Waals surface area contributed by atoms with Crippen LogP contribution in [0.25, 0.3) is 0 Å². The Labute approximate surface area is 432 Å². The van der Waals surface area contributed by atoms with E-state index in [1.165, 1.54) is 20.8 Å². The van der Waals surface area contributed by atoms with Gasteiger partial charge in [0.15, 0.2) is 0 Å². The van der Waals surface area contributed by atoms with Gasteiger partial charge in [0, 0.05) is 54.2 Å². The Morgan fingerprint density at radius 3 is 0.507 bits per heavy atom. The summed E-state index contributed by atoms with van der Waals surface area (Å²) in [5.74, 6) is 3.97. The molecule has 0 aliphatic carbocycles. The number of hydrogen-bond acceptors (Lipinski definition) is 27.